The Morgan fingerprint density at radius 3 is 3.00 bits per heavy atom. The number of aliphatic imine (C=N–C) groups is 1. The topological polar surface area (TPSA) is 51.1 Å². The van der Waals surface area contributed by atoms with Gasteiger partial charge in [0.2, 0.25) is 0 Å². The van der Waals surface area contributed by atoms with Crippen LogP contribution in [0, 0.1) is 0 Å². The van der Waals surface area contributed by atoms with E-state index in [2.05, 4.69) is 4.99 Å². The molecule has 18 heavy (non-hydrogen) atoms. The molecule has 3 rings (SSSR count). The van der Waals surface area contributed by atoms with E-state index >= 15 is 0 Å². The third-order valence-corrected chi connectivity index (χ3v) is 3.86. The van der Waals surface area contributed by atoms with Gasteiger partial charge in [-0.25, -0.2) is 4.99 Å². The molecule has 1 amide bonds. The average molecular weight is 266 g/mol. The number of nitrogens with zero attached hydrogens (tertiary/aromatic N) is 2. The Morgan fingerprint density at radius 2 is 2.28 bits per heavy atom. The van der Waals surface area contributed by atoms with Crippen LogP contribution >= 0.6 is 11.3 Å². The number of morpholine rings is 1. The van der Waals surface area contributed by atoms with Crippen LogP contribution in [0.15, 0.2) is 21.8 Å². The monoisotopic (exact) mass is 266 g/mol. The zero-order valence-electron chi connectivity index (χ0n) is 9.82. The highest BCUT2D eigenvalue weighted by Crippen LogP contribution is 2.29. The molecule has 5 nitrogen and oxygen atoms in total. The lowest BCUT2D eigenvalue weighted by molar-refractivity contribution is -0.138. The van der Waals surface area contributed by atoms with Crippen LogP contribution in [-0.2, 0) is 14.3 Å². The van der Waals surface area contributed by atoms with Gasteiger partial charge in [-0.05, 0) is 16.8 Å². The third-order valence-electron chi connectivity index (χ3n) is 3.16. The molecule has 2 aliphatic rings. The summed E-state index contributed by atoms with van der Waals surface area (Å²) in [7, 11) is 0. The highest BCUT2D eigenvalue weighted by molar-refractivity contribution is 7.08. The first-order valence-electron chi connectivity index (χ1n) is 5.92. The van der Waals surface area contributed by atoms with Crippen molar-refractivity contribution >= 4 is 23.6 Å². The number of hydrogen-bond acceptors (Lipinski definition) is 5. The second-order valence-corrected chi connectivity index (χ2v) is 5.03. The smallest absolute Gasteiger partial charge is 0.251 e. The first kappa shape index (κ1) is 11.7. The number of rotatable bonds is 2. The van der Waals surface area contributed by atoms with Gasteiger partial charge in [0.25, 0.3) is 5.91 Å². The Kier molecular flexibility index (Phi) is 3.29. The molecular weight excluding hydrogens is 252 g/mol. The molecule has 1 aromatic rings. The van der Waals surface area contributed by atoms with E-state index in [0.29, 0.717) is 26.3 Å². The zero-order valence-corrected chi connectivity index (χ0v) is 10.6. The maximum atomic E-state index is 12.4. The molecular formula is C12H14N2O3S. The standard InChI is InChI=1S/C12H14N2O3S/c15-12(14-2-4-16-5-3-14)10-11(17-8-13-10)9-1-6-18-7-9/h1,6-8,10-11H,2-5H2/t10-,11+/m1/s1. The molecule has 2 aliphatic heterocycles. The summed E-state index contributed by atoms with van der Waals surface area (Å²) >= 11 is 1.60. The minimum Gasteiger partial charge on any atom is -0.473 e. The van der Waals surface area contributed by atoms with Crippen LogP contribution in [0.1, 0.15) is 11.7 Å². The van der Waals surface area contributed by atoms with Gasteiger partial charge in [-0.3, -0.25) is 4.79 Å². The van der Waals surface area contributed by atoms with Crippen molar-refractivity contribution in [2.75, 3.05) is 26.3 Å². The van der Waals surface area contributed by atoms with Crippen molar-refractivity contribution in [1.29, 1.82) is 0 Å². The lowest BCUT2D eigenvalue weighted by Gasteiger charge is -2.29. The molecule has 0 unspecified atom stereocenters. The first-order valence-corrected chi connectivity index (χ1v) is 6.86. The van der Waals surface area contributed by atoms with Crippen LogP contribution < -0.4 is 0 Å². The van der Waals surface area contributed by atoms with E-state index in [1.165, 1.54) is 6.40 Å². The Labute approximate surface area is 109 Å². The molecule has 0 spiro atoms. The third kappa shape index (κ3) is 2.13. The molecule has 1 fully saturated rings. The molecule has 0 aliphatic carbocycles. The fraction of sp³-hybridized carbons (Fsp3) is 0.500. The predicted molar refractivity (Wildman–Crippen MR) is 67.8 cm³/mol. The van der Waals surface area contributed by atoms with Crippen molar-refractivity contribution in [2.45, 2.75) is 12.1 Å². The van der Waals surface area contributed by atoms with Gasteiger partial charge < -0.3 is 14.4 Å². The van der Waals surface area contributed by atoms with Crippen molar-refractivity contribution in [3.05, 3.63) is 22.4 Å². The van der Waals surface area contributed by atoms with Crippen molar-refractivity contribution in [2.24, 2.45) is 4.99 Å². The van der Waals surface area contributed by atoms with E-state index in [1.54, 1.807) is 16.2 Å². The van der Waals surface area contributed by atoms with Crippen LogP contribution in [0.4, 0.5) is 0 Å². The maximum Gasteiger partial charge on any atom is 0.251 e. The van der Waals surface area contributed by atoms with Gasteiger partial charge in [-0.2, -0.15) is 11.3 Å². The largest absolute Gasteiger partial charge is 0.473 e. The average Bonchev–Trinajstić information content (AvgIpc) is 3.09. The number of carbonyl (C=O) groups is 1. The van der Waals surface area contributed by atoms with E-state index < -0.39 is 6.04 Å². The van der Waals surface area contributed by atoms with Crippen LogP contribution in [-0.4, -0.2) is 49.6 Å². The quantitative estimate of drug-likeness (QED) is 0.804. The highest BCUT2D eigenvalue weighted by atomic mass is 32.1. The molecule has 3 heterocycles. The second-order valence-electron chi connectivity index (χ2n) is 4.25. The summed E-state index contributed by atoms with van der Waals surface area (Å²) in [6, 6.07) is 1.53. The molecule has 0 bridgehead atoms. The Bertz CT molecular complexity index is 440. The molecule has 0 radical (unpaired) electrons. The highest BCUT2D eigenvalue weighted by Gasteiger charge is 2.37. The van der Waals surface area contributed by atoms with Gasteiger partial charge >= 0.3 is 0 Å². The molecule has 1 aromatic heterocycles. The number of carbonyl (C=O) groups excluding carboxylic acids is 1. The molecule has 96 valence electrons. The van der Waals surface area contributed by atoms with E-state index in [1.807, 2.05) is 16.8 Å². The van der Waals surface area contributed by atoms with Crippen LogP contribution in [0.25, 0.3) is 0 Å². The Morgan fingerprint density at radius 1 is 1.44 bits per heavy atom. The lowest BCUT2D eigenvalue weighted by atomic mass is 10.0. The van der Waals surface area contributed by atoms with Crippen molar-refractivity contribution in [3.63, 3.8) is 0 Å². The molecule has 0 saturated carbocycles. The second kappa shape index (κ2) is 5.07. The van der Waals surface area contributed by atoms with Gasteiger partial charge in [0, 0.05) is 18.7 Å². The fourth-order valence-corrected chi connectivity index (χ4v) is 2.86. The number of hydrogen-bond donors (Lipinski definition) is 0. The van der Waals surface area contributed by atoms with E-state index in [9.17, 15) is 4.79 Å². The summed E-state index contributed by atoms with van der Waals surface area (Å²) in [4.78, 5) is 18.4. The van der Waals surface area contributed by atoms with Gasteiger partial charge in [0.15, 0.2) is 18.5 Å². The van der Waals surface area contributed by atoms with Gasteiger partial charge in [-0.1, -0.05) is 0 Å². The summed E-state index contributed by atoms with van der Waals surface area (Å²) in [5, 5.41) is 3.98. The minimum absolute atomic E-state index is 0.0308. The summed E-state index contributed by atoms with van der Waals surface area (Å²) in [6.07, 6.45) is 1.12. The number of amides is 1. The molecule has 1 saturated heterocycles. The normalized spacial score (nSPS) is 27.2. The van der Waals surface area contributed by atoms with E-state index in [0.717, 1.165) is 5.56 Å². The maximum absolute atomic E-state index is 12.4. The van der Waals surface area contributed by atoms with Gasteiger partial charge in [0.05, 0.1) is 13.2 Å². The minimum atomic E-state index is -0.447. The first-order chi connectivity index (χ1) is 8.86. The summed E-state index contributed by atoms with van der Waals surface area (Å²) in [6.45, 7) is 2.49. The van der Waals surface area contributed by atoms with Gasteiger partial charge in [-0.15, -0.1) is 0 Å². The lowest BCUT2D eigenvalue weighted by Crippen LogP contribution is -2.46. The van der Waals surface area contributed by atoms with Crippen molar-refractivity contribution in [1.82, 2.24) is 4.90 Å². The number of thiophene rings is 1. The van der Waals surface area contributed by atoms with Gasteiger partial charge in [0.1, 0.15) is 0 Å². The van der Waals surface area contributed by atoms with Crippen LogP contribution in [0.5, 0.6) is 0 Å². The zero-order chi connectivity index (χ0) is 12.4. The van der Waals surface area contributed by atoms with Crippen LogP contribution in [0.3, 0.4) is 0 Å². The van der Waals surface area contributed by atoms with Crippen LogP contribution in [0.2, 0.25) is 0 Å². The van der Waals surface area contributed by atoms with E-state index in [4.69, 9.17) is 9.47 Å². The number of ether oxygens (including phenoxy) is 2. The van der Waals surface area contributed by atoms with Crippen molar-refractivity contribution in [3.8, 4) is 0 Å². The Hall–Kier alpha value is -1.40. The summed E-state index contributed by atoms with van der Waals surface area (Å²) < 4.78 is 10.7. The Balaban J connectivity index is 1.73. The van der Waals surface area contributed by atoms with Crippen molar-refractivity contribution < 1.29 is 14.3 Å². The van der Waals surface area contributed by atoms with E-state index in [-0.39, 0.29) is 12.0 Å². The molecule has 0 aromatic carbocycles. The molecule has 6 heteroatoms. The molecule has 2 atom stereocenters. The predicted octanol–water partition coefficient (Wildman–Crippen LogP) is 1.08. The summed E-state index contributed by atoms with van der Waals surface area (Å²) in [5.41, 5.74) is 1.02. The summed E-state index contributed by atoms with van der Waals surface area (Å²) in [5.74, 6) is 0.0308. The molecule has 0 N–H and O–H groups in total. The SMILES string of the molecule is O=C([C@@H]1N=CO[C@H]1c1ccsc1)N1CCOCC1. The fourth-order valence-electron chi connectivity index (χ4n) is 2.18.